The number of ether oxygens (including phenoxy) is 2. The molecule has 2 nitrogen and oxygen atoms in total. The number of hydrogen-bond donors (Lipinski definition) is 0. The molecule has 12 heavy (non-hydrogen) atoms. The second kappa shape index (κ2) is 6.21. The standard InChI is InChI=1S/C10H18O2/c1-2-3-4-5-6-7-10-11-8-9-12-10/h3-4,10H,2,5-9H2,1H3/b4-3+. The van der Waals surface area contributed by atoms with Crippen LogP contribution >= 0.6 is 0 Å². The van der Waals surface area contributed by atoms with Crippen LogP contribution in [0.5, 0.6) is 0 Å². The molecule has 0 aromatic carbocycles. The normalized spacial score (nSPS) is 19.4. The highest BCUT2D eigenvalue weighted by atomic mass is 16.7. The molecule has 1 aliphatic rings. The van der Waals surface area contributed by atoms with E-state index >= 15 is 0 Å². The topological polar surface area (TPSA) is 18.5 Å². The summed E-state index contributed by atoms with van der Waals surface area (Å²) in [6.07, 6.45) is 9.01. The third kappa shape index (κ3) is 3.88. The van der Waals surface area contributed by atoms with E-state index < -0.39 is 0 Å². The minimum Gasteiger partial charge on any atom is -0.350 e. The molecule has 1 saturated heterocycles. The second-order valence-corrected chi connectivity index (χ2v) is 2.98. The number of allylic oxidation sites excluding steroid dienone is 2. The zero-order valence-corrected chi connectivity index (χ0v) is 7.79. The molecular weight excluding hydrogens is 152 g/mol. The maximum Gasteiger partial charge on any atom is 0.157 e. The summed E-state index contributed by atoms with van der Waals surface area (Å²) in [7, 11) is 0. The quantitative estimate of drug-likeness (QED) is 0.466. The maximum atomic E-state index is 5.31. The van der Waals surface area contributed by atoms with Crippen molar-refractivity contribution in [2.45, 2.75) is 38.9 Å². The van der Waals surface area contributed by atoms with Crippen LogP contribution in [0.25, 0.3) is 0 Å². The van der Waals surface area contributed by atoms with Crippen molar-refractivity contribution in [3.8, 4) is 0 Å². The third-order valence-electron chi connectivity index (χ3n) is 1.90. The van der Waals surface area contributed by atoms with Crippen LogP contribution in [0.4, 0.5) is 0 Å². The number of unbranched alkanes of at least 4 members (excludes halogenated alkanes) is 1. The van der Waals surface area contributed by atoms with E-state index in [4.69, 9.17) is 9.47 Å². The Hall–Kier alpha value is -0.340. The lowest BCUT2D eigenvalue weighted by Gasteiger charge is -2.06. The lowest BCUT2D eigenvalue weighted by Crippen LogP contribution is -2.06. The molecule has 0 spiro atoms. The summed E-state index contributed by atoms with van der Waals surface area (Å²) in [5.74, 6) is 0. The molecule has 1 heterocycles. The molecule has 0 saturated carbocycles. The van der Waals surface area contributed by atoms with Crippen LogP contribution in [-0.2, 0) is 9.47 Å². The lowest BCUT2D eigenvalue weighted by atomic mass is 10.2. The molecule has 0 aliphatic carbocycles. The molecule has 0 aromatic heterocycles. The van der Waals surface area contributed by atoms with Crippen LogP contribution in [0, 0.1) is 0 Å². The molecule has 70 valence electrons. The first kappa shape index (κ1) is 9.75. The zero-order chi connectivity index (χ0) is 8.65. The fourth-order valence-electron chi connectivity index (χ4n) is 1.26. The van der Waals surface area contributed by atoms with Crippen LogP contribution < -0.4 is 0 Å². The Bertz CT molecular complexity index is 126. The summed E-state index contributed by atoms with van der Waals surface area (Å²) < 4.78 is 10.6. The van der Waals surface area contributed by atoms with Crippen molar-refractivity contribution < 1.29 is 9.47 Å². The largest absolute Gasteiger partial charge is 0.350 e. The van der Waals surface area contributed by atoms with Crippen LogP contribution in [0.2, 0.25) is 0 Å². The van der Waals surface area contributed by atoms with Crippen molar-refractivity contribution in [1.82, 2.24) is 0 Å². The van der Waals surface area contributed by atoms with Crippen LogP contribution in [0.3, 0.4) is 0 Å². The van der Waals surface area contributed by atoms with E-state index in [0.29, 0.717) is 0 Å². The monoisotopic (exact) mass is 170 g/mol. The highest BCUT2D eigenvalue weighted by molar-refractivity contribution is 4.79. The molecule has 1 aliphatic heterocycles. The molecule has 2 heteroatoms. The first-order valence-electron chi connectivity index (χ1n) is 4.81. The molecule has 0 bridgehead atoms. The van der Waals surface area contributed by atoms with Gasteiger partial charge in [-0.25, -0.2) is 0 Å². The van der Waals surface area contributed by atoms with E-state index in [1.165, 1.54) is 6.42 Å². The molecule has 0 amide bonds. The van der Waals surface area contributed by atoms with Gasteiger partial charge in [0.15, 0.2) is 6.29 Å². The lowest BCUT2D eigenvalue weighted by molar-refractivity contribution is -0.0474. The van der Waals surface area contributed by atoms with Gasteiger partial charge < -0.3 is 9.47 Å². The van der Waals surface area contributed by atoms with Gasteiger partial charge in [0, 0.05) is 0 Å². The summed E-state index contributed by atoms with van der Waals surface area (Å²) in [5.41, 5.74) is 0. The van der Waals surface area contributed by atoms with Crippen molar-refractivity contribution in [3.63, 3.8) is 0 Å². The Kier molecular flexibility index (Phi) is 5.04. The van der Waals surface area contributed by atoms with E-state index in [2.05, 4.69) is 19.1 Å². The van der Waals surface area contributed by atoms with Gasteiger partial charge in [-0.15, -0.1) is 0 Å². The fraction of sp³-hybridized carbons (Fsp3) is 0.800. The molecule has 0 radical (unpaired) electrons. The van der Waals surface area contributed by atoms with E-state index in [9.17, 15) is 0 Å². The summed E-state index contributed by atoms with van der Waals surface area (Å²) >= 11 is 0. The maximum absolute atomic E-state index is 5.31. The summed E-state index contributed by atoms with van der Waals surface area (Å²) in [6, 6.07) is 0. The summed E-state index contributed by atoms with van der Waals surface area (Å²) in [6.45, 7) is 3.70. The Morgan fingerprint density at radius 1 is 1.25 bits per heavy atom. The van der Waals surface area contributed by atoms with E-state index in [1.807, 2.05) is 0 Å². The van der Waals surface area contributed by atoms with Gasteiger partial charge in [0.05, 0.1) is 13.2 Å². The Morgan fingerprint density at radius 3 is 2.67 bits per heavy atom. The van der Waals surface area contributed by atoms with Gasteiger partial charge in [-0.05, 0) is 25.7 Å². The number of hydrogen-bond acceptors (Lipinski definition) is 2. The SMILES string of the molecule is CC/C=C/CCCC1OCCO1. The highest BCUT2D eigenvalue weighted by Gasteiger charge is 2.14. The van der Waals surface area contributed by atoms with Crippen LogP contribution in [0.1, 0.15) is 32.6 Å². The molecule has 0 aromatic rings. The first-order valence-corrected chi connectivity index (χ1v) is 4.81. The molecule has 0 atom stereocenters. The van der Waals surface area contributed by atoms with Crippen LogP contribution in [-0.4, -0.2) is 19.5 Å². The Morgan fingerprint density at radius 2 is 2.00 bits per heavy atom. The van der Waals surface area contributed by atoms with Crippen molar-refractivity contribution in [2.24, 2.45) is 0 Å². The first-order chi connectivity index (χ1) is 5.93. The zero-order valence-electron chi connectivity index (χ0n) is 7.79. The van der Waals surface area contributed by atoms with Gasteiger partial charge in [0.2, 0.25) is 0 Å². The average Bonchev–Trinajstić information content (AvgIpc) is 2.57. The van der Waals surface area contributed by atoms with Gasteiger partial charge in [-0.2, -0.15) is 0 Å². The van der Waals surface area contributed by atoms with Crippen molar-refractivity contribution in [3.05, 3.63) is 12.2 Å². The van der Waals surface area contributed by atoms with Gasteiger partial charge in [0.25, 0.3) is 0 Å². The predicted octanol–water partition coefficient (Wildman–Crippen LogP) is 2.50. The van der Waals surface area contributed by atoms with Crippen molar-refractivity contribution in [2.75, 3.05) is 13.2 Å². The fourth-order valence-corrected chi connectivity index (χ4v) is 1.26. The van der Waals surface area contributed by atoms with Gasteiger partial charge >= 0.3 is 0 Å². The predicted molar refractivity (Wildman–Crippen MR) is 49.0 cm³/mol. The van der Waals surface area contributed by atoms with E-state index in [0.717, 1.165) is 32.5 Å². The second-order valence-electron chi connectivity index (χ2n) is 2.98. The Labute approximate surface area is 74.6 Å². The molecular formula is C10H18O2. The molecule has 1 fully saturated rings. The van der Waals surface area contributed by atoms with Gasteiger partial charge in [-0.1, -0.05) is 19.1 Å². The average molecular weight is 170 g/mol. The summed E-state index contributed by atoms with van der Waals surface area (Å²) in [5, 5.41) is 0. The van der Waals surface area contributed by atoms with E-state index in [1.54, 1.807) is 0 Å². The highest BCUT2D eigenvalue weighted by Crippen LogP contribution is 2.11. The summed E-state index contributed by atoms with van der Waals surface area (Å²) in [4.78, 5) is 0. The van der Waals surface area contributed by atoms with Crippen molar-refractivity contribution >= 4 is 0 Å². The van der Waals surface area contributed by atoms with Gasteiger partial charge in [0.1, 0.15) is 0 Å². The molecule has 0 N–H and O–H groups in total. The van der Waals surface area contributed by atoms with Gasteiger partial charge in [-0.3, -0.25) is 0 Å². The smallest absolute Gasteiger partial charge is 0.157 e. The van der Waals surface area contributed by atoms with Crippen LogP contribution in [0.15, 0.2) is 12.2 Å². The molecule has 0 unspecified atom stereocenters. The van der Waals surface area contributed by atoms with E-state index in [-0.39, 0.29) is 6.29 Å². The minimum absolute atomic E-state index is 0.0834. The Balaban J connectivity index is 1.91. The number of rotatable bonds is 5. The minimum atomic E-state index is 0.0834. The molecule has 1 rings (SSSR count). The third-order valence-corrected chi connectivity index (χ3v) is 1.90. The van der Waals surface area contributed by atoms with Crippen molar-refractivity contribution in [1.29, 1.82) is 0 Å².